The fraction of sp³-hybridized carbons (Fsp3) is 0.160. The number of methoxy groups -OCH3 is 2. The van der Waals surface area contributed by atoms with E-state index < -0.39 is 5.97 Å². The smallest absolute Gasteiger partial charge is 0.354 e. The summed E-state index contributed by atoms with van der Waals surface area (Å²) < 4.78 is 11.5. The molecule has 0 N–H and O–H groups in total. The minimum atomic E-state index is -0.468. The van der Waals surface area contributed by atoms with E-state index in [4.69, 9.17) is 9.47 Å². The highest BCUT2D eigenvalue weighted by atomic mass is 16.5. The zero-order valence-electron chi connectivity index (χ0n) is 17.4. The lowest BCUT2D eigenvalue weighted by molar-refractivity contribution is -0.140. The van der Waals surface area contributed by atoms with Gasteiger partial charge in [-0.05, 0) is 28.8 Å². The third-order valence-electron chi connectivity index (χ3n) is 5.27. The Balaban J connectivity index is 1.84. The van der Waals surface area contributed by atoms with E-state index in [1.807, 2.05) is 30.3 Å². The van der Waals surface area contributed by atoms with E-state index in [1.165, 1.54) is 14.2 Å². The minimum Gasteiger partial charge on any atom is -0.469 e. The molecule has 0 aliphatic heterocycles. The van der Waals surface area contributed by atoms with E-state index >= 15 is 0 Å². The molecule has 0 amide bonds. The van der Waals surface area contributed by atoms with Crippen molar-refractivity contribution in [3.8, 4) is 22.3 Å². The zero-order chi connectivity index (χ0) is 21.8. The molecule has 0 unspecified atom stereocenters. The molecule has 2 aromatic heterocycles. The molecule has 2 heterocycles. The van der Waals surface area contributed by atoms with Crippen molar-refractivity contribution >= 4 is 22.8 Å². The summed E-state index contributed by atoms with van der Waals surface area (Å²) in [6, 6.07) is 20.1. The number of nitrogens with zero attached hydrogens (tertiary/aromatic N) is 2. The van der Waals surface area contributed by atoms with Gasteiger partial charge in [-0.2, -0.15) is 0 Å². The molecule has 6 nitrogen and oxygen atoms in total. The Morgan fingerprint density at radius 2 is 1.61 bits per heavy atom. The quantitative estimate of drug-likeness (QED) is 0.427. The third-order valence-corrected chi connectivity index (χ3v) is 5.27. The Kier molecular flexibility index (Phi) is 5.80. The molecule has 4 aromatic rings. The van der Waals surface area contributed by atoms with E-state index in [-0.39, 0.29) is 18.9 Å². The maximum Gasteiger partial charge on any atom is 0.354 e. The zero-order valence-corrected chi connectivity index (χ0v) is 17.4. The first-order valence-electron chi connectivity index (χ1n) is 9.90. The van der Waals surface area contributed by atoms with E-state index in [2.05, 4.69) is 29.2 Å². The van der Waals surface area contributed by atoms with Crippen molar-refractivity contribution in [3.63, 3.8) is 0 Å². The fourth-order valence-electron chi connectivity index (χ4n) is 3.72. The normalized spacial score (nSPS) is 10.8. The largest absolute Gasteiger partial charge is 0.469 e. The average Bonchev–Trinajstić information content (AvgIpc) is 3.21. The van der Waals surface area contributed by atoms with Gasteiger partial charge in [-0.25, -0.2) is 4.79 Å². The lowest BCUT2D eigenvalue weighted by Gasteiger charge is -2.10. The molecule has 0 spiro atoms. The Morgan fingerprint density at radius 1 is 0.871 bits per heavy atom. The van der Waals surface area contributed by atoms with Gasteiger partial charge in [-0.15, -0.1) is 0 Å². The molecule has 0 saturated heterocycles. The molecule has 0 fully saturated rings. The van der Waals surface area contributed by atoms with Crippen LogP contribution in [-0.2, 0) is 20.8 Å². The molecule has 0 saturated carbocycles. The molecule has 156 valence electrons. The number of esters is 2. The fourth-order valence-corrected chi connectivity index (χ4v) is 3.72. The van der Waals surface area contributed by atoms with Gasteiger partial charge in [0, 0.05) is 23.7 Å². The lowest BCUT2D eigenvalue weighted by atomic mass is 9.98. The van der Waals surface area contributed by atoms with Crippen LogP contribution in [0.2, 0.25) is 0 Å². The molecule has 6 heteroatoms. The second-order valence-electron chi connectivity index (χ2n) is 7.07. The average molecular weight is 414 g/mol. The summed E-state index contributed by atoms with van der Waals surface area (Å²) in [6.45, 7) is 0.287. The van der Waals surface area contributed by atoms with Crippen LogP contribution in [0.5, 0.6) is 0 Å². The number of aromatic nitrogens is 2. The molecule has 0 aliphatic rings. The highest BCUT2D eigenvalue weighted by Crippen LogP contribution is 2.33. The molecule has 4 rings (SSSR count). The number of benzene rings is 2. The second-order valence-corrected chi connectivity index (χ2v) is 7.07. The van der Waals surface area contributed by atoms with E-state index in [0.717, 1.165) is 33.2 Å². The number of carbonyl (C=O) groups is 2. The van der Waals surface area contributed by atoms with Gasteiger partial charge in [-0.3, -0.25) is 9.78 Å². The van der Waals surface area contributed by atoms with Crippen LogP contribution in [0.3, 0.4) is 0 Å². The van der Waals surface area contributed by atoms with Crippen LogP contribution < -0.4 is 0 Å². The summed E-state index contributed by atoms with van der Waals surface area (Å²) in [4.78, 5) is 28.5. The van der Waals surface area contributed by atoms with Gasteiger partial charge < -0.3 is 14.0 Å². The van der Waals surface area contributed by atoms with E-state index in [9.17, 15) is 9.59 Å². The first kappa shape index (κ1) is 20.3. The number of ether oxygens (including phenoxy) is 2. The van der Waals surface area contributed by atoms with Crippen LogP contribution in [0.1, 0.15) is 16.9 Å². The van der Waals surface area contributed by atoms with E-state index in [0.29, 0.717) is 5.69 Å². The Bertz CT molecular complexity index is 1250. The van der Waals surface area contributed by atoms with Crippen LogP contribution in [0, 0.1) is 0 Å². The van der Waals surface area contributed by atoms with Crippen molar-refractivity contribution in [1.82, 2.24) is 9.55 Å². The molecule has 0 aliphatic carbocycles. The SMILES string of the molecule is COC(=O)CCn1c(C(=O)OC)cc2c(-c3cccc(-c4ccccc4)c3)cncc21. The Labute approximate surface area is 180 Å². The maximum absolute atomic E-state index is 12.4. The summed E-state index contributed by atoms with van der Waals surface area (Å²) in [5.74, 6) is -0.817. The van der Waals surface area contributed by atoms with Crippen LogP contribution in [0.15, 0.2) is 73.1 Å². The van der Waals surface area contributed by atoms with Crippen molar-refractivity contribution in [2.45, 2.75) is 13.0 Å². The number of hydrogen-bond acceptors (Lipinski definition) is 5. The molecular formula is C25H22N2O4. The van der Waals surface area contributed by atoms with Crippen molar-refractivity contribution in [3.05, 3.63) is 78.8 Å². The van der Waals surface area contributed by atoms with Gasteiger partial charge in [0.15, 0.2) is 0 Å². The number of carbonyl (C=O) groups excluding carboxylic acids is 2. The highest BCUT2D eigenvalue weighted by molar-refractivity contribution is 6.01. The molecule has 0 atom stereocenters. The molecule has 0 bridgehead atoms. The monoisotopic (exact) mass is 414 g/mol. The van der Waals surface area contributed by atoms with Gasteiger partial charge in [0.2, 0.25) is 0 Å². The molecule has 2 aromatic carbocycles. The Hall–Kier alpha value is -3.93. The molecular weight excluding hydrogens is 392 g/mol. The number of fused-ring (bicyclic) bond motifs is 1. The topological polar surface area (TPSA) is 70.4 Å². The number of hydrogen-bond donors (Lipinski definition) is 0. The Morgan fingerprint density at radius 3 is 2.35 bits per heavy atom. The number of pyridine rings is 1. The summed E-state index contributed by atoms with van der Waals surface area (Å²) in [5.41, 5.74) is 5.23. The van der Waals surface area contributed by atoms with Gasteiger partial charge in [0.1, 0.15) is 5.69 Å². The second kappa shape index (κ2) is 8.83. The van der Waals surface area contributed by atoms with Gasteiger partial charge in [0.25, 0.3) is 0 Å². The highest BCUT2D eigenvalue weighted by Gasteiger charge is 2.19. The van der Waals surface area contributed by atoms with Gasteiger partial charge >= 0.3 is 11.9 Å². The minimum absolute atomic E-state index is 0.137. The van der Waals surface area contributed by atoms with E-state index in [1.54, 1.807) is 23.0 Å². The first-order chi connectivity index (χ1) is 15.1. The van der Waals surface area contributed by atoms with Crippen LogP contribution in [0.25, 0.3) is 33.2 Å². The number of rotatable bonds is 6. The van der Waals surface area contributed by atoms with Crippen molar-refractivity contribution < 1.29 is 19.1 Å². The third kappa shape index (κ3) is 4.05. The standard InChI is InChI=1S/C25H22N2O4/c1-30-24(28)11-12-27-22(25(29)31-2)14-20-21(15-26-16-23(20)27)19-10-6-9-18(13-19)17-7-4-3-5-8-17/h3-10,13-16H,11-12H2,1-2H3. The van der Waals surface area contributed by atoms with Crippen molar-refractivity contribution in [2.24, 2.45) is 0 Å². The predicted octanol–water partition coefficient (Wildman–Crippen LogP) is 4.72. The maximum atomic E-state index is 12.4. The first-order valence-corrected chi connectivity index (χ1v) is 9.90. The van der Waals surface area contributed by atoms with Crippen molar-refractivity contribution in [2.75, 3.05) is 14.2 Å². The van der Waals surface area contributed by atoms with Crippen LogP contribution in [0.4, 0.5) is 0 Å². The van der Waals surface area contributed by atoms with Gasteiger partial charge in [-0.1, -0.05) is 48.5 Å². The molecule has 31 heavy (non-hydrogen) atoms. The summed E-state index contributed by atoms with van der Waals surface area (Å²) in [6.07, 6.45) is 3.62. The van der Waals surface area contributed by atoms with Crippen LogP contribution >= 0.6 is 0 Å². The van der Waals surface area contributed by atoms with Crippen molar-refractivity contribution in [1.29, 1.82) is 0 Å². The summed E-state index contributed by atoms with van der Waals surface area (Å²) in [5, 5.41) is 0.866. The van der Waals surface area contributed by atoms with Gasteiger partial charge in [0.05, 0.1) is 32.4 Å². The summed E-state index contributed by atoms with van der Waals surface area (Å²) in [7, 11) is 2.68. The predicted molar refractivity (Wildman–Crippen MR) is 119 cm³/mol. The number of aryl methyl sites for hydroxylation is 1. The lowest BCUT2D eigenvalue weighted by Crippen LogP contribution is -2.13. The molecule has 0 radical (unpaired) electrons. The van der Waals surface area contributed by atoms with Crippen LogP contribution in [-0.4, -0.2) is 35.7 Å². The summed E-state index contributed by atoms with van der Waals surface area (Å²) >= 11 is 0.